The van der Waals surface area contributed by atoms with Crippen LogP contribution >= 0.6 is 7.60 Å². The predicted molar refractivity (Wildman–Crippen MR) is 93.3 cm³/mol. The van der Waals surface area contributed by atoms with Gasteiger partial charge in [0.25, 0.3) is 0 Å². The van der Waals surface area contributed by atoms with Gasteiger partial charge >= 0.3 is 7.60 Å². The number of unbranched alkanes of at least 4 members (excludes halogenated alkanes) is 2. The molecular formula is C16H32NO6P. The summed E-state index contributed by atoms with van der Waals surface area (Å²) in [7, 11) is -1.86. The van der Waals surface area contributed by atoms with Crippen molar-refractivity contribution in [3.63, 3.8) is 0 Å². The Hall–Kier alpha value is -0.590. The Morgan fingerprint density at radius 2 is 1.88 bits per heavy atom. The van der Waals surface area contributed by atoms with Crippen LogP contribution in [0.4, 0.5) is 0 Å². The summed E-state index contributed by atoms with van der Waals surface area (Å²) in [6, 6.07) is 0. The Bertz CT molecular complexity index is 452. The van der Waals surface area contributed by atoms with E-state index in [0.29, 0.717) is 13.0 Å². The Morgan fingerprint density at radius 3 is 2.42 bits per heavy atom. The van der Waals surface area contributed by atoms with Crippen LogP contribution in [0.1, 0.15) is 46.5 Å². The lowest BCUT2D eigenvalue weighted by Gasteiger charge is -2.30. The molecule has 0 amide bonds. The zero-order valence-corrected chi connectivity index (χ0v) is 16.4. The van der Waals surface area contributed by atoms with Crippen LogP contribution in [0.15, 0.2) is 0 Å². The summed E-state index contributed by atoms with van der Waals surface area (Å²) >= 11 is 0. The van der Waals surface area contributed by atoms with Crippen LogP contribution < -0.4 is 5.32 Å². The van der Waals surface area contributed by atoms with E-state index in [2.05, 4.69) is 5.32 Å². The van der Waals surface area contributed by atoms with Crippen molar-refractivity contribution in [3.05, 3.63) is 0 Å². The summed E-state index contributed by atoms with van der Waals surface area (Å²) in [6.07, 6.45) is 2.02. The number of carbonyl (C=O) groups excluding carboxylic acids is 2. The Morgan fingerprint density at radius 1 is 1.25 bits per heavy atom. The molecule has 0 aromatic heterocycles. The molecule has 0 aromatic carbocycles. The maximum absolute atomic E-state index is 12.0. The van der Waals surface area contributed by atoms with E-state index >= 15 is 0 Å². The van der Waals surface area contributed by atoms with Crippen molar-refractivity contribution in [1.29, 1.82) is 0 Å². The van der Waals surface area contributed by atoms with E-state index in [9.17, 15) is 19.3 Å². The van der Waals surface area contributed by atoms with E-state index in [1.807, 2.05) is 0 Å². The second-order valence-electron chi connectivity index (χ2n) is 6.77. The third kappa shape index (κ3) is 10.3. The second-order valence-corrected chi connectivity index (χ2v) is 8.94. The predicted octanol–water partition coefficient (Wildman–Crippen LogP) is 2.17. The lowest BCUT2D eigenvalue weighted by atomic mass is 9.85. The van der Waals surface area contributed by atoms with Gasteiger partial charge in [0, 0.05) is 25.6 Å². The molecule has 0 rings (SSSR count). The minimum atomic E-state index is -3.15. The molecule has 7 nitrogen and oxygen atoms in total. The molecular weight excluding hydrogens is 333 g/mol. The first-order valence-corrected chi connectivity index (χ1v) is 10.2. The van der Waals surface area contributed by atoms with Crippen LogP contribution in [0.2, 0.25) is 0 Å². The smallest absolute Gasteiger partial charge is 0.327 e. The van der Waals surface area contributed by atoms with Crippen LogP contribution in [0.3, 0.4) is 0 Å². The van der Waals surface area contributed by atoms with Crippen LogP contribution in [-0.2, 0) is 23.2 Å². The van der Waals surface area contributed by atoms with E-state index in [4.69, 9.17) is 9.05 Å². The molecule has 8 heteroatoms. The van der Waals surface area contributed by atoms with Gasteiger partial charge in [0.05, 0.1) is 13.2 Å². The van der Waals surface area contributed by atoms with Crippen molar-refractivity contribution in [1.82, 2.24) is 5.32 Å². The van der Waals surface area contributed by atoms with Gasteiger partial charge in [-0.2, -0.15) is 0 Å². The lowest BCUT2D eigenvalue weighted by Crippen LogP contribution is -2.43. The molecule has 0 bridgehead atoms. The summed E-state index contributed by atoms with van der Waals surface area (Å²) in [5.74, 6) is -0.147. The van der Waals surface area contributed by atoms with Crippen LogP contribution in [0.25, 0.3) is 0 Å². The lowest BCUT2D eigenvalue weighted by molar-refractivity contribution is -0.133. The van der Waals surface area contributed by atoms with E-state index in [1.165, 1.54) is 13.8 Å². The Balaban J connectivity index is 4.07. The van der Waals surface area contributed by atoms with Gasteiger partial charge in [-0.15, -0.1) is 0 Å². The molecule has 0 fully saturated rings. The highest BCUT2D eigenvalue weighted by Gasteiger charge is 2.35. The number of aliphatic hydroxyl groups excluding tert-OH is 1. The molecule has 2 N–H and O–H groups in total. The quantitative estimate of drug-likeness (QED) is 0.359. The minimum absolute atomic E-state index is 0.0490. The van der Waals surface area contributed by atoms with Crippen LogP contribution in [-0.4, -0.2) is 56.2 Å². The molecule has 1 unspecified atom stereocenters. The first kappa shape index (κ1) is 23.4. The Kier molecular flexibility index (Phi) is 10.8. The van der Waals surface area contributed by atoms with Gasteiger partial charge in [-0.3, -0.25) is 9.36 Å². The normalized spacial score (nSPS) is 15.8. The number of rotatable bonds is 14. The number of ketones is 2. The van der Waals surface area contributed by atoms with E-state index in [-0.39, 0.29) is 24.7 Å². The molecule has 0 saturated carbocycles. The molecule has 24 heavy (non-hydrogen) atoms. The molecule has 0 radical (unpaired) electrons. The highest BCUT2D eigenvalue weighted by molar-refractivity contribution is 7.52. The van der Waals surface area contributed by atoms with Crippen molar-refractivity contribution < 1.29 is 28.3 Å². The number of aliphatic hydroxyl groups is 1. The fraction of sp³-hybridized carbons (Fsp3) is 0.875. The van der Waals surface area contributed by atoms with Crippen molar-refractivity contribution in [3.8, 4) is 0 Å². The number of hydrogen-bond acceptors (Lipinski definition) is 7. The average Bonchev–Trinajstić information content (AvgIpc) is 2.51. The summed E-state index contributed by atoms with van der Waals surface area (Å²) < 4.78 is 21.6. The maximum Gasteiger partial charge on any atom is 0.327 e. The van der Waals surface area contributed by atoms with Crippen molar-refractivity contribution in [2.45, 2.75) is 52.6 Å². The van der Waals surface area contributed by atoms with Crippen LogP contribution in [0.5, 0.6) is 0 Å². The summed E-state index contributed by atoms with van der Waals surface area (Å²) in [4.78, 5) is 22.9. The highest BCUT2D eigenvalue weighted by Crippen LogP contribution is 2.44. The van der Waals surface area contributed by atoms with E-state index in [0.717, 1.165) is 19.3 Å². The molecule has 142 valence electrons. The fourth-order valence-corrected chi connectivity index (χ4v) is 2.63. The monoisotopic (exact) mass is 365 g/mol. The molecule has 0 aliphatic heterocycles. The molecule has 0 spiro atoms. The maximum atomic E-state index is 12.0. The zero-order valence-electron chi connectivity index (χ0n) is 15.5. The average molecular weight is 365 g/mol. The second kappa shape index (κ2) is 11.1. The number of carbonyl (C=O) groups is 2. The fourth-order valence-electron chi connectivity index (χ4n) is 1.96. The van der Waals surface area contributed by atoms with Gasteiger partial charge in [0.2, 0.25) is 0 Å². The number of Topliss-reactive ketones (excluding diaryl/α,β-unsaturated/α-hetero) is 2. The highest BCUT2D eigenvalue weighted by atomic mass is 31.2. The van der Waals surface area contributed by atoms with Gasteiger partial charge in [-0.1, -0.05) is 20.3 Å². The van der Waals surface area contributed by atoms with Gasteiger partial charge in [0.15, 0.2) is 5.78 Å². The topological polar surface area (TPSA) is 102 Å². The largest absolute Gasteiger partial charge is 0.385 e. The van der Waals surface area contributed by atoms with Gasteiger partial charge in [0.1, 0.15) is 11.9 Å². The molecule has 0 saturated heterocycles. The van der Waals surface area contributed by atoms with E-state index in [1.54, 1.807) is 20.8 Å². The third-order valence-corrected chi connectivity index (χ3v) is 4.99. The van der Waals surface area contributed by atoms with Crippen LogP contribution in [0, 0.1) is 5.41 Å². The minimum Gasteiger partial charge on any atom is -0.385 e. The van der Waals surface area contributed by atoms with Crippen molar-refractivity contribution in [2.24, 2.45) is 5.41 Å². The van der Waals surface area contributed by atoms with E-state index < -0.39 is 19.1 Å². The SMILES string of the molecule is COP(C)(=O)OCC(C)(C)[C@@H](O)C(=O)CNCCCCCC(C)=O. The molecule has 0 aliphatic carbocycles. The first-order valence-electron chi connectivity index (χ1n) is 8.20. The standard InChI is InChI=1S/C16H32NO6P/c1-13(18)9-7-6-8-10-17-11-14(19)15(20)16(2,3)12-23-24(5,21)22-4/h15,17,20H,6-12H2,1-5H3/t15-,24?/m0/s1. The summed E-state index contributed by atoms with van der Waals surface area (Å²) in [5, 5.41) is 13.2. The number of nitrogens with one attached hydrogen (secondary N) is 1. The van der Waals surface area contributed by atoms with Crippen molar-refractivity contribution in [2.75, 3.05) is 33.5 Å². The molecule has 2 atom stereocenters. The molecule has 0 aromatic rings. The zero-order chi connectivity index (χ0) is 18.8. The van der Waals surface area contributed by atoms with Crippen molar-refractivity contribution >= 4 is 19.2 Å². The molecule has 0 heterocycles. The van der Waals surface area contributed by atoms with Gasteiger partial charge < -0.3 is 24.3 Å². The van der Waals surface area contributed by atoms with Gasteiger partial charge in [-0.25, -0.2) is 0 Å². The Labute approximate surface area is 145 Å². The summed E-state index contributed by atoms with van der Waals surface area (Å²) in [5.41, 5.74) is -0.871. The van der Waals surface area contributed by atoms with Gasteiger partial charge in [-0.05, 0) is 26.3 Å². The molecule has 0 aliphatic rings. The third-order valence-electron chi connectivity index (χ3n) is 3.73. The number of hydrogen-bond donors (Lipinski definition) is 2. The summed E-state index contributed by atoms with van der Waals surface area (Å²) in [6.45, 7) is 6.93. The first-order chi connectivity index (χ1) is 11.0.